The summed E-state index contributed by atoms with van der Waals surface area (Å²) in [5.41, 5.74) is 6.08. The van der Waals surface area contributed by atoms with Crippen LogP contribution in [0.2, 0.25) is 5.02 Å². The number of aromatic nitrogens is 3. The lowest BCUT2D eigenvalue weighted by molar-refractivity contribution is 0.432. The van der Waals surface area contributed by atoms with Gasteiger partial charge in [-0.05, 0) is 0 Å². The van der Waals surface area contributed by atoms with Crippen molar-refractivity contribution in [3.63, 3.8) is 0 Å². The summed E-state index contributed by atoms with van der Waals surface area (Å²) in [6.45, 7) is 0. The van der Waals surface area contributed by atoms with Crippen LogP contribution in [-0.4, -0.2) is 14.9 Å². The number of nitrogens with zero attached hydrogens (tertiary/aromatic N) is 3. The summed E-state index contributed by atoms with van der Waals surface area (Å²) in [4.78, 5) is 0. The molecule has 5 nitrogen and oxygen atoms in total. The lowest BCUT2D eigenvalue weighted by Crippen LogP contribution is -1.92. The molecule has 13 heavy (non-hydrogen) atoms. The molecular formula is C7H7ClN4O. The Hall–Kier alpha value is -1.49. The number of halogens is 1. The van der Waals surface area contributed by atoms with Gasteiger partial charge in [0, 0.05) is 13.1 Å². The smallest absolute Gasteiger partial charge is 0.188 e. The summed E-state index contributed by atoms with van der Waals surface area (Å²) >= 11 is 5.88. The van der Waals surface area contributed by atoms with Gasteiger partial charge in [0.15, 0.2) is 11.6 Å². The molecule has 0 atom stereocenters. The predicted octanol–water partition coefficient (Wildman–Crippen LogP) is 1.31. The van der Waals surface area contributed by atoms with Gasteiger partial charge >= 0.3 is 0 Å². The molecule has 2 N–H and O–H groups in total. The van der Waals surface area contributed by atoms with E-state index in [1.807, 2.05) is 0 Å². The summed E-state index contributed by atoms with van der Waals surface area (Å²) < 4.78 is 6.55. The first kappa shape index (κ1) is 8.12. The van der Waals surface area contributed by atoms with Crippen LogP contribution >= 0.6 is 11.6 Å². The third-order valence-electron chi connectivity index (χ3n) is 1.66. The Morgan fingerprint density at radius 3 is 2.85 bits per heavy atom. The highest BCUT2D eigenvalue weighted by molar-refractivity contribution is 6.32. The van der Waals surface area contributed by atoms with Crippen molar-refractivity contribution >= 4 is 17.4 Å². The standard InChI is InChI=1S/C7H7ClN4O/c1-12-7(4(8)3-10-12)5-2-6(9)11-13-5/h2-3H,1H3,(H2,9,11). The summed E-state index contributed by atoms with van der Waals surface area (Å²) in [5.74, 6) is 0.842. The molecule has 0 fully saturated rings. The molecule has 68 valence electrons. The second-order valence-electron chi connectivity index (χ2n) is 2.58. The maximum Gasteiger partial charge on any atom is 0.188 e. The third-order valence-corrected chi connectivity index (χ3v) is 1.93. The summed E-state index contributed by atoms with van der Waals surface area (Å²) in [6, 6.07) is 1.60. The normalized spacial score (nSPS) is 10.6. The van der Waals surface area contributed by atoms with E-state index in [1.54, 1.807) is 17.8 Å². The average Bonchev–Trinajstić information content (AvgIpc) is 2.60. The van der Waals surface area contributed by atoms with Gasteiger partial charge in [0.05, 0.1) is 11.2 Å². The molecule has 2 rings (SSSR count). The molecule has 0 amide bonds. The van der Waals surface area contributed by atoms with E-state index in [-0.39, 0.29) is 0 Å². The Morgan fingerprint density at radius 1 is 1.62 bits per heavy atom. The SMILES string of the molecule is Cn1ncc(Cl)c1-c1cc(N)no1. The fraction of sp³-hybridized carbons (Fsp3) is 0.143. The second kappa shape index (κ2) is 2.77. The Labute approximate surface area is 79.1 Å². The van der Waals surface area contributed by atoms with Gasteiger partial charge in [-0.1, -0.05) is 16.8 Å². The largest absolute Gasteiger partial charge is 0.381 e. The molecule has 0 saturated heterocycles. The molecule has 0 spiro atoms. The van der Waals surface area contributed by atoms with E-state index in [9.17, 15) is 0 Å². The molecule has 0 aromatic carbocycles. The number of hydrogen-bond donors (Lipinski definition) is 1. The zero-order valence-electron chi connectivity index (χ0n) is 6.86. The van der Waals surface area contributed by atoms with Gasteiger partial charge in [0.25, 0.3) is 0 Å². The van der Waals surface area contributed by atoms with Crippen molar-refractivity contribution in [2.45, 2.75) is 0 Å². The maximum absolute atomic E-state index is 5.88. The van der Waals surface area contributed by atoms with Gasteiger partial charge in [0.1, 0.15) is 5.69 Å². The molecule has 2 aromatic rings. The molecular weight excluding hydrogens is 192 g/mol. The van der Waals surface area contributed by atoms with Gasteiger partial charge in [-0.3, -0.25) is 4.68 Å². The zero-order valence-corrected chi connectivity index (χ0v) is 7.62. The summed E-state index contributed by atoms with van der Waals surface area (Å²) in [5, 5.41) is 8.03. The number of nitrogen functional groups attached to an aromatic ring is 1. The van der Waals surface area contributed by atoms with Crippen molar-refractivity contribution in [1.29, 1.82) is 0 Å². The minimum atomic E-state index is 0.326. The van der Waals surface area contributed by atoms with Crippen molar-refractivity contribution in [1.82, 2.24) is 14.9 Å². The number of aryl methyl sites for hydroxylation is 1. The van der Waals surface area contributed by atoms with Crippen molar-refractivity contribution in [2.75, 3.05) is 5.73 Å². The molecule has 0 radical (unpaired) electrons. The van der Waals surface area contributed by atoms with Gasteiger partial charge in [-0.2, -0.15) is 5.10 Å². The van der Waals surface area contributed by atoms with Crippen LogP contribution < -0.4 is 5.73 Å². The Morgan fingerprint density at radius 2 is 2.38 bits per heavy atom. The van der Waals surface area contributed by atoms with E-state index < -0.39 is 0 Å². The van der Waals surface area contributed by atoms with Crippen LogP contribution in [0.4, 0.5) is 5.82 Å². The lowest BCUT2D eigenvalue weighted by atomic mass is 10.3. The molecule has 0 saturated carbocycles. The van der Waals surface area contributed by atoms with E-state index in [0.717, 1.165) is 0 Å². The van der Waals surface area contributed by atoms with Gasteiger partial charge in [-0.25, -0.2) is 0 Å². The fourth-order valence-electron chi connectivity index (χ4n) is 1.09. The van der Waals surface area contributed by atoms with Crippen molar-refractivity contribution < 1.29 is 4.52 Å². The lowest BCUT2D eigenvalue weighted by Gasteiger charge is -1.95. The van der Waals surface area contributed by atoms with E-state index >= 15 is 0 Å². The average molecular weight is 199 g/mol. The predicted molar refractivity (Wildman–Crippen MR) is 48.1 cm³/mol. The van der Waals surface area contributed by atoms with Crippen LogP contribution in [0.25, 0.3) is 11.5 Å². The van der Waals surface area contributed by atoms with Crippen LogP contribution in [0.3, 0.4) is 0 Å². The van der Waals surface area contributed by atoms with E-state index in [0.29, 0.717) is 22.3 Å². The van der Waals surface area contributed by atoms with Crippen LogP contribution in [0.15, 0.2) is 16.8 Å². The monoisotopic (exact) mass is 198 g/mol. The Balaban J connectivity index is 2.57. The third kappa shape index (κ3) is 1.27. The highest BCUT2D eigenvalue weighted by Crippen LogP contribution is 2.27. The van der Waals surface area contributed by atoms with Crippen molar-refractivity contribution in [2.24, 2.45) is 7.05 Å². The van der Waals surface area contributed by atoms with Gasteiger partial charge in [0.2, 0.25) is 0 Å². The molecule has 0 aliphatic carbocycles. The molecule has 0 aliphatic rings. The molecule has 2 heterocycles. The molecule has 6 heteroatoms. The first-order valence-electron chi connectivity index (χ1n) is 3.58. The highest BCUT2D eigenvalue weighted by Gasteiger charge is 2.13. The minimum absolute atomic E-state index is 0.326. The Kier molecular flexibility index (Phi) is 1.73. The number of hydrogen-bond acceptors (Lipinski definition) is 4. The van der Waals surface area contributed by atoms with Crippen LogP contribution in [0, 0.1) is 0 Å². The molecule has 0 aliphatic heterocycles. The van der Waals surface area contributed by atoms with Crippen LogP contribution in [0.1, 0.15) is 0 Å². The van der Waals surface area contributed by atoms with Gasteiger partial charge < -0.3 is 10.3 Å². The van der Waals surface area contributed by atoms with E-state index in [4.69, 9.17) is 21.9 Å². The quantitative estimate of drug-likeness (QED) is 0.750. The van der Waals surface area contributed by atoms with E-state index in [2.05, 4.69) is 10.3 Å². The molecule has 0 unspecified atom stereocenters. The minimum Gasteiger partial charge on any atom is -0.381 e. The number of anilines is 1. The zero-order chi connectivity index (χ0) is 9.42. The first-order chi connectivity index (χ1) is 6.18. The first-order valence-corrected chi connectivity index (χ1v) is 3.96. The maximum atomic E-state index is 5.88. The topological polar surface area (TPSA) is 69.9 Å². The van der Waals surface area contributed by atoms with Crippen molar-refractivity contribution in [3.05, 3.63) is 17.3 Å². The number of nitrogens with two attached hydrogens (primary N) is 1. The Bertz CT molecular complexity index is 414. The fourth-order valence-corrected chi connectivity index (χ4v) is 1.35. The van der Waals surface area contributed by atoms with Crippen molar-refractivity contribution in [3.8, 4) is 11.5 Å². The summed E-state index contributed by atoms with van der Waals surface area (Å²) in [7, 11) is 1.76. The van der Waals surface area contributed by atoms with Crippen LogP contribution in [-0.2, 0) is 7.05 Å². The highest BCUT2D eigenvalue weighted by atomic mass is 35.5. The van der Waals surface area contributed by atoms with E-state index in [1.165, 1.54) is 6.20 Å². The number of rotatable bonds is 1. The molecule has 2 aromatic heterocycles. The van der Waals surface area contributed by atoms with Crippen LogP contribution in [0.5, 0.6) is 0 Å². The second-order valence-corrected chi connectivity index (χ2v) is 2.99. The molecule has 0 bridgehead atoms. The summed E-state index contributed by atoms with van der Waals surface area (Å²) in [6.07, 6.45) is 1.54. The van der Waals surface area contributed by atoms with Gasteiger partial charge in [-0.15, -0.1) is 0 Å².